The van der Waals surface area contributed by atoms with Crippen LogP contribution in [0.15, 0.2) is 0 Å². The average Bonchev–Trinajstić information content (AvgIpc) is 2.44. The minimum absolute atomic E-state index is 0.281. The Hall–Kier alpha value is -1.36. The standard InChI is InChI=1S/C10H13NO3S/c1-4-14-10(13)7-5(2)6(3)15-8(7)9(11)12/h4H2,1-3H3,(H2,11,12). The van der Waals surface area contributed by atoms with Gasteiger partial charge in [0.25, 0.3) is 5.91 Å². The van der Waals surface area contributed by atoms with Gasteiger partial charge >= 0.3 is 5.97 Å². The molecule has 1 aromatic heterocycles. The summed E-state index contributed by atoms with van der Waals surface area (Å²) in [5.74, 6) is -1.06. The normalized spacial score (nSPS) is 10.1. The second kappa shape index (κ2) is 4.44. The fourth-order valence-electron chi connectivity index (χ4n) is 1.25. The molecule has 0 spiro atoms. The Labute approximate surface area is 92.0 Å². The van der Waals surface area contributed by atoms with Gasteiger partial charge in [-0.2, -0.15) is 0 Å². The lowest BCUT2D eigenvalue weighted by Crippen LogP contribution is -2.15. The quantitative estimate of drug-likeness (QED) is 0.798. The van der Waals surface area contributed by atoms with E-state index in [9.17, 15) is 9.59 Å². The number of aryl methyl sites for hydroxylation is 1. The highest BCUT2D eigenvalue weighted by Gasteiger charge is 2.23. The van der Waals surface area contributed by atoms with Crippen LogP contribution in [0.1, 0.15) is 37.4 Å². The van der Waals surface area contributed by atoms with Gasteiger partial charge in [0.2, 0.25) is 0 Å². The number of carbonyl (C=O) groups is 2. The first-order chi connectivity index (χ1) is 6.99. The van der Waals surface area contributed by atoms with Crippen molar-refractivity contribution in [1.82, 2.24) is 0 Å². The van der Waals surface area contributed by atoms with E-state index in [1.807, 2.05) is 6.92 Å². The molecule has 5 heteroatoms. The zero-order valence-electron chi connectivity index (χ0n) is 8.92. The number of hydrogen-bond acceptors (Lipinski definition) is 4. The van der Waals surface area contributed by atoms with Crippen molar-refractivity contribution >= 4 is 23.2 Å². The first kappa shape index (κ1) is 11.7. The number of hydrogen-bond donors (Lipinski definition) is 1. The average molecular weight is 227 g/mol. The van der Waals surface area contributed by atoms with Crippen molar-refractivity contribution in [2.45, 2.75) is 20.8 Å². The van der Waals surface area contributed by atoms with Gasteiger partial charge in [-0.05, 0) is 26.3 Å². The van der Waals surface area contributed by atoms with Crippen LogP contribution >= 0.6 is 11.3 Å². The lowest BCUT2D eigenvalue weighted by Gasteiger charge is -2.02. The monoisotopic (exact) mass is 227 g/mol. The predicted octanol–water partition coefficient (Wildman–Crippen LogP) is 1.64. The Bertz CT molecular complexity index is 409. The van der Waals surface area contributed by atoms with Crippen LogP contribution in [0, 0.1) is 13.8 Å². The molecule has 1 amide bonds. The second-order valence-corrected chi connectivity index (χ2v) is 4.30. The van der Waals surface area contributed by atoms with Crippen molar-refractivity contribution < 1.29 is 14.3 Å². The van der Waals surface area contributed by atoms with Crippen LogP contribution in [0.2, 0.25) is 0 Å². The largest absolute Gasteiger partial charge is 0.462 e. The summed E-state index contributed by atoms with van der Waals surface area (Å²) in [6, 6.07) is 0. The van der Waals surface area contributed by atoms with Crippen LogP contribution in [0.5, 0.6) is 0 Å². The molecular weight excluding hydrogens is 214 g/mol. The number of rotatable bonds is 3. The number of amides is 1. The lowest BCUT2D eigenvalue weighted by atomic mass is 10.1. The Morgan fingerprint density at radius 2 is 2.00 bits per heavy atom. The molecule has 0 saturated carbocycles. The molecule has 0 radical (unpaired) electrons. The third-order valence-electron chi connectivity index (χ3n) is 2.09. The van der Waals surface area contributed by atoms with Gasteiger partial charge in [-0.1, -0.05) is 0 Å². The van der Waals surface area contributed by atoms with E-state index in [2.05, 4.69) is 0 Å². The Morgan fingerprint density at radius 3 is 2.47 bits per heavy atom. The van der Waals surface area contributed by atoms with E-state index in [0.29, 0.717) is 5.56 Å². The maximum atomic E-state index is 11.6. The molecule has 0 aliphatic heterocycles. The van der Waals surface area contributed by atoms with Crippen LogP contribution in [-0.2, 0) is 4.74 Å². The number of thiophene rings is 1. The Balaban J connectivity index is 3.25. The van der Waals surface area contributed by atoms with Gasteiger partial charge in [-0.25, -0.2) is 4.79 Å². The lowest BCUT2D eigenvalue weighted by molar-refractivity contribution is 0.0523. The van der Waals surface area contributed by atoms with Crippen LogP contribution in [-0.4, -0.2) is 18.5 Å². The van der Waals surface area contributed by atoms with E-state index < -0.39 is 11.9 Å². The summed E-state index contributed by atoms with van der Waals surface area (Å²) in [4.78, 5) is 23.9. The molecule has 0 saturated heterocycles. The molecule has 0 aliphatic carbocycles. The molecule has 0 aromatic carbocycles. The SMILES string of the molecule is CCOC(=O)c1c(C(N)=O)sc(C)c1C. The predicted molar refractivity (Wildman–Crippen MR) is 58.3 cm³/mol. The molecule has 4 nitrogen and oxygen atoms in total. The van der Waals surface area contributed by atoms with Crippen LogP contribution in [0.3, 0.4) is 0 Å². The van der Waals surface area contributed by atoms with Crippen molar-refractivity contribution in [2.75, 3.05) is 6.61 Å². The maximum absolute atomic E-state index is 11.6. The smallest absolute Gasteiger partial charge is 0.340 e. The second-order valence-electron chi connectivity index (χ2n) is 3.07. The van der Waals surface area contributed by atoms with E-state index in [4.69, 9.17) is 10.5 Å². The van der Waals surface area contributed by atoms with Gasteiger partial charge in [0.05, 0.1) is 12.2 Å². The summed E-state index contributed by atoms with van der Waals surface area (Å²) < 4.78 is 4.87. The van der Waals surface area contributed by atoms with Crippen molar-refractivity contribution in [2.24, 2.45) is 5.73 Å². The highest BCUT2D eigenvalue weighted by Crippen LogP contribution is 2.27. The van der Waals surface area contributed by atoms with Gasteiger partial charge in [-0.3, -0.25) is 4.79 Å². The first-order valence-electron chi connectivity index (χ1n) is 4.56. The molecule has 1 aromatic rings. The summed E-state index contributed by atoms with van der Waals surface area (Å²) in [5.41, 5.74) is 6.28. The third-order valence-corrected chi connectivity index (χ3v) is 3.31. The van der Waals surface area contributed by atoms with E-state index in [1.165, 1.54) is 11.3 Å². The maximum Gasteiger partial charge on any atom is 0.340 e. The zero-order chi connectivity index (χ0) is 11.6. The molecule has 1 heterocycles. The van der Waals surface area contributed by atoms with Gasteiger partial charge < -0.3 is 10.5 Å². The van der Waals surface area contributed by atoms with E-state index in [0.717, 1.165) is 10.4 Å². The van der Waals surface area contributed by atoms with E-state index >= 15 is 0 Å². The number of ether oxygens (including phenoxy) is 1. The van der Waals surface area contributed by atoms with Gasteiger partial charge in [0, 0.05) is 4.88 Å². The van der Waals surface area contributed by atoms with Gasteiger partial charge in [0.1, 0.15) is 4.88 Å². The summed E-state index contributed by atoms with van der Waals surface area (Å²) >= 11 is 1.23. The van der Waals surface area contributed by atoms with E-state index in [1.54, 1.807) is 13.8 Å². The Kier molecular flexibility index (Phi) is 3.47. The number of carbonyl (C=O) groups excluding carboxylic acids is 2. The molecule has 82 valence electrons. The van der Waals surface area contributed by atoms with Gasteiger partial charge in [-0.15, -0.1) is 11.3 Å². The minimum Gasteiger partial charge on any atom is -0.462 e. The molecule has 0 fully saturated rings. The third kappa shape index (κ3) is 2.18. The molecule has 0 atom stereocenters. The van der Waals surface area contributed by atoms with Crippen molar-refractivity contribution in [3.05, 3.63) is 20.9 Å². The zero-order valence-corrected chi connectivity index (χ0v) is 9.73. The number of primary amides is 1. The summed E-state index contributed by atoms with van der Waals surface area (Å²) in [5, 5.41) is 0. The van der Waals surface area contributed by atoms with E-state index in [-0.39, 0.29) is 11.5 Å². The summed E-state index contributed by atoms with van der Waals surface area (Å²) in [7, 11) is 0. The van der Waals surface area contributed by atoms with Crippen LogP contribution < -0.4 is 5.73 Å². The topological polar surface area (TPSA) is 69.4 Å². The molecule has 2 N–H and O–H groups in total. The summed E-state index contributed by atoms with van der Waals surface area (Å²) in [6.45, 7) is 5.63. The molecular formula is C10H13NO3S. The molecule has 1 rings (SSSR count). The van der Waals surface area contributed by atoms with Crippen molar-refractivity contribution in [3.8, 4) is 0 Å². The number of esters is 1. The Morgan fingerprint density at radius 1 is 1.40 bits per heavy atom. The molecule has 0 bridgehead atoms. The van der Waals surface area contributed by atoms with Gasteiger partial charge in [0.15, 0.2) is 0 Å². The highest BCUT2D eigenvalue weighted by molar-refractivity contribution is 7.14. The number of nitrogens with two attached hydrogens (primary N) is 1. The fourth-order valence-corrected chi connectivity index (χ4v) is 2.25. The van der Waals surface area contributed by atoms with Crippen LogP contribution in [0.4, 0.5) is 0 Å². The van der Waals surface area contributed by atoms with Crippen LogP contribution in [0.25, 0.3) is 0 Å². The fraction of sp³-hybridized carbons (Fsp3) is 0.400. The highest BCUT2D eigenvalue weighted by atomic mass is 32.1. The van der Waals surface area contributed by atoms with Crippen molar-refractivity contribution in [1.29, 1.82) is 0 Å². The molecule has 0 aliphatic rings. The minimum atomic E-state index is -0.584. The van der Waals surface area contributed by atoms with Crippen molar-refractivity contribution in [3.63, 3.8) is 0 Å². The summed E-state index contributed by atoms with van der Waals surface area (Å²) in [6.07, 6.45) is 0. The molecule has 15 heavy (non-hydrogen) atoms. The molecule has 0 unspecified atom stereocenters. The first-order valence-corrected chi connectivity index (χ1v) is 5.37.